The number of hydrogen-bond donors (Lipinski definition) is 1. The fourth-order valence-corrected chi connectivity index (χ4v) is 1.80. The van der Waals surface area contributed by atoms with E-state index in [2.05, 4.69) is 16.9 Å². The van der Waals surface area contributed by atoms with Crippen LogP contribution in [0.3, 0.4) is 0 Å². The lowest BCUT2D eigenvalue weighted by molar-refractivity contribution is 0.0696. The summed E-state index contributed by atoms with van der Waals surface area (Å²) in [5, 5.41) is 8.73. The van der Waals surface area contributed by atoms with Gasteiger partial charge in [0.2, 0.25) is 0 Å². The molecule has 6 heteroatoms. The molecule has 0 saturated carbocycles. The van der Waals surface area contributed by atoms with Crippen molar-refractivity contribution in [3.8, 4) is 5.75 Å². The smallest absolute Gasteiger partial charge is 0.340 e. The highest BCUT2D eigenvalue weighted by atomic mass is 35.5. The van der Waals surface area contributed by atoms with Crippen LogP contribution in [0.5, 0.6) is 5.75 Å². The van der Waals surface area contributed by atoms with Crippen molar-refractivity contribution in [1.82, 2.24) is 9.97 Å². The van der Waals surface area contributed by atoms with E-state index in [1.165, 1.54) is 11.8 Å². The number of carboxylic acid groups (broad SMARTS) is 1. The number of ether oxygens (including phenoxy) is 1. The van der Waals surface area contributed by atoms with Crippen molar-refractivity contribution < 1.29 is 14.6 Å². The van der Waals surface area contributed by atoms with Crippen LogP contribution in [0.4, 0.5) is 0 Å². The maximum absolute atomic E-state index is 10.8. The molecule has 0 atom stereocenters. The molecule has 0 aliphatic rings. The molecule has 5 nitrogen and oxygen atoms in total. The van der Waals surface area contributed by atoms with Gasteiger partial charge in [0.15, 0.2) is 5.82 Å². The molecule has 0 amide bonds. The van der Waals surface area contributed by atoms with Crippen molar-refractivity contribution >= 4 is 17.6 Å². The van der Waals surface area contributed by atoms with Crippen LogP contribution in [0.15, 0.2) is 30.5 Å². The molecule has 2 aromatic rings. The number of hydrogen-bond acceptors (Lipinski definition) is 4. The first kappa shape index (κ1) is 14.3. The Kier molecular flexibility index (Phi) is 4.53. The number of aromatic nitrogens is 2. The Labute approximate surface area is 121 Å². The van der Waals surface area contributed by atoms with Crippen molar-refractivity contribution in [2.24, 2.45) is 0 Å². The first-order valence-corrected chi connectivity index (χ1v) is 6.44. The van der Waals surface area contributed by atoms with E-state index in [4.69, 9.17) is 21.4 Å². The molecular weight excluding hydrogens is 280 g/mol. The minimum atomic E-state index is -1.15. The maximum atomic E-state index is 10.8. The van der Waals surface area contributed by atoms with Gasteiger partial charge in [0, 0.05) is 6.20 Å². The second-order valence-electron chi connectivity index (χ2n) is 4.08. The molecule has 0 spiro atoms. The number of aryl methyl sites for hydroxylation is 1. The van der Waals surface area contributed by atoms with Gasteiger partial charge < -0.3 is 9.84 Å². The molecule has 20 heavy (non-hydrogen) atoms. The molecule has 0 bridgehead atoms. The lowest BCUT2D eigenvalue weighted by atomic mass is 10.2. The SMILES string of the molecule is CCc1ccc(OCc2ncc(C(=O)O)c(Cl)n2)cc1. The van der Waals surface area contributed by atoms with Crippen LogP contribution in [0.1, 0.15) is 28.7 Å². The Hall–Kier alpha value is -2.14. The number of halogens is 1. The molecule has 104 valence electrons. The number of benzene rings is 1. The lowest BCUT2D eigenvalue weighted by Crippen LogP contribution is -2.06. The van der Waals surface area contributed by atoms with E-state index in [0.717, 1.165) is 6.42 Å². The van der Waals surface area contributed by atoms with Gasteiger partial charge in [-0.1, -0.05) is 30.7 Å². The van der Waals surface area contributed by atoms with Crippen LogP contribution in [-0.2, 0) is 13.0 Å². The van der Waals surface area contributed by atoms with E-state index in [0.29, 0.717) is 11.6 Å². The maximum Gasteiger partial charge on any atom is 0.340 e. The fraction of sp³-hybridized carbons (Fsp3) is 0.214. The zero-order valence-electron chi connectivity index (χ0n) is 10.8. The number of carboxylic acids is 1. The van der Waals surface area contributed by atoms with Crippen molar-refractivity contribution in [1.29, 1.82) is 0 Å². The second kappa shape index (κ2) is 6.34. The second-order valence-corrected chi connectivity index (χ2v) is 4.44. The van der Waals surface area contributed by atoms with Gasteiger partial charge in [0.1, 0.15) is 23.1 Å². The van der Waals surface area contributed by atoms with Crippen LogP contribution in [0.2, 0.25) is 5.15 Å². The third-order valence-corrected chi connectivity index (χ3v) is 3.01. The van der Waals surface area contributed by atoms with E-state index < -0.39 is 5.97 Å². The summed E-state index contributed by atoms with van der Waals surface area (Å²) in [6.07, 6.45) is 2.15. The third-order valence-electron chi connectivity index (χ3n) is 2.72. The molecule has 2 rings (SSSR count). The average molecular weight is 293 g/mol. The summed E-state index contributed by atoms with van der Waals surface area (Å²) in [4.78, 5) is 18.6. The normalized spacial score (nSPS) is 10.3. The molecule has 0 unspecified atom stereocenters. The van der Waals surface area contributed by atoms with Crippen LogP contribution in [-0.4, -0.2) is 21.0 Å². The summed E-state index contributed by atoms with van der Waals surface area (Å²) in [5.41, 5.74) is 1.10. The first-order chi connectivity index (χ1) is 9.60. The Morgan fingerprint density at radius 1 is 1.35 bits per heavy atom. The van der Waals surface area contributed by atoms with Gasteiger partial charge >= 0.3 is 5.97 Å². The molecule has 0 saturated heterocycles. The predicted octanol–water partition coefficient (Wildman–Crippen LogP) is 2.97. The number of aromatic carboxylic acids is 1. The zero-order valence-corrected chi connectivity index (χ0v) is 11.6. The summed E-state index contributed by atoms with van der Waals surface area (Å²) in [5.74, 6) is -0.124. The van der Waals surface area contributed by atoms with E-state index >= 15 is 0 Å². The molecule has 0 aliphatic heterocycles. The number of rotatable bonds is 5. The molecule has 0 aliphatic carbocycles. The Morgan fingerprint density at radius 3 is 2.60 bits per heavy atom. The predicted molar refractivity (Wildman–Crippen MR) is 74.2 cm³/mol. The largest absolute Gasteiger partial charge is 0.486 e. The molecule has 1 N–H and O–H groups in total. The highest BCUT2D eigenvalue weighted by Crippen LogP contribution is 2.15. The summed E-state index contributed by atoms with van der Waals surface area (Å²) in [6, 6.07) is 7.70. The summed E-state index contributed by atoms with van der Waals surface area (Å²) in [7, 11) is 0. The number of nitrogens with zero attached hydrogens (tertiary/aromatic N) is 2. The average Bonchev–Trinajstić information content (AvgIpc) is 2.45. The van der Waals surface area contributed by atoms with Crippen LogP contribution in [0.25, 0.3) is 0 Å². The number of carbonyl (C=O) groups is 1. The van der Waals surface area contributed by atoms with E-state index in [9.17, 15) is 4.79 Å². The van der Waals surface area contributed by atoms with Crippen molar-refractivity contribution in [3.63, 3.8) is 0 Å². The van der Waals surface area contributed by atoms with Gasteiger partial charge in [0.25, 0.3) is 0 Å². The van der Waals surface area contributed by atoms with Gasteiger partial charge in [-0.3, -0.25) is 0 Å². The minimum absolute atomic E-state index is 0.0903. The zero-order chi connectivity index (χ0) is 14.5. The fourth-order valence-electron chi connectivity index (χ4n) is 1.58. The highest BCUT2D eigenvalue weighted by Gasteiger charge is 2.11. The van der Waals surface area contributed by atoms with Crippen molar-refractivity contribution in [2.75, 3.05) is 0 Å². The Morgan fingerprint density at radius 2 is 2.05 bits per heavy atom. The summed E-state index contributed by atoms with van der Waals surface area (Å²) >= 11 is 5.76. The third kappa shape index (κ3) is 3.45. The van der Waals surface area contributed by atoms with Gasteiger partial charge in [-0.25, -0.2) is 14.8 Å². The van der Waals surface area contributed by atoms with Crippen molar-refractivity contribution in [3.05, 3.63) is 52.6 Å². The standard InChI is InChI=1S/C14H13ClN2O3/c1-2-9-3-5-10(6-4-9)20-8-12-16-7-11(14(18)19)13(15)17-12/h3-7H,2,8H2,1H3,(H,18,19). The topological polar surface area (TPSA) is 72.3 Å². The van der Waals surface area contributed by atoms with Gasteiger partial charge in [0.05, 0.1) is 0 Å². The summed E-state index contributed by atoms with van der Waals surface area (Å²) in [6.45, 7) is 2.21. The van der Waals surface area contributed by atoms with Gasteiger partial charge in [-0.15, -0.1) is 0 Å². The van der Waals surface area contributed by atoms with Gasteiger partial charge in [-0.05, 0) is 24.1 Å². The summed E-state index contributed by atoms with van der Waals surface area (Å²) < 4.78 is 5.52. The molecule has 1 aromatic carbocycles. The molecule has 1 aromatic heterocycles. The van der Waals surface area contributed by atoms with Crippen LogP contribution in [0, 0.1) is 0 Å². The lowest BCUT2D eigenvalue weighted by Gasteiger charge is -2.06. The molecule has 0 fully saturated rings. The van der Waals surface area contributed by atoms with Crippen LogP contribution < -0.4 is 4.74 Å². The van der Waals surface area contributed by atoms with Crippen molar-refractivity contribution in [2.45, 2.75) is 20.0 Å². The Bertz CT molecular complexity index is 614. The van der Waals surface area contributed by atoms with E-state index in [-0.39, 0.29) is 17.3 Å². The Balaban J connectivity index is 2.03. The quantitative estimate of drug-likeness (QED) is 0.858. The molecule has 1 heterocycles. The monoisotopic (exact) mass is 292 g/mol. The van der Waals surface area contributed by atoms with Crippen LogP contribution >= 0.6 is 11.6 Å². The van der Waals surface area contributed by atoms with Gasteiger partial charge in [-0.2, -0.15) is 0 Å². The highest BCUT2D eigenvalue weighted by molar-refractivity contribution is 6.32. The van der Waals surface area contributed by atoms with E-state index in [1.54, 1.807) is 0 Å². The first-order valence-electron chi connectivity index (χ1n) is 6.06. The molecular formula is C14H13ClN2O3. The molecule has 0 radical (unpaired) electrons. The van der Waals surface area contributed by atoms with E-state index in [1.807, 2.05) is 24.3 Å². The minimum Gasteiger partial charge on any atom is -0.486 e.